The quantitative estimate of drug-likeness (QED) is 0.127. The van der Waals surface area contributed by atoms with Crippen LogP contribution in [0.5, 0.6) is 0 Å². The second kappa shape index (κ2) is 16.2. The lowest BCUT2D eigenvalue weighted by atomic mass is 9.79. The molecule has 10 heteroatoms. The third-order valence-corrected chi connectivity index (χ3v) is 9.26. The fourth-order valence-corrected chi connectivity index (χ4v) is 7.16. The monoisotopic (exact) mass is 710 g/mol. The van der Waals surface area contributed by atoms with Crippen LogP contribution in [-0.4, -0.2) is 44.3 Å². The zero-order valence-corrected chi connectivity index (χ0v) is 27.8. The summed E-state index contributed by atoms with van der Waals surface area (Å²) in [6.45, 7) is 7.79. The van der Waals surface area contributed by atoms with Crippen molar-refractivity contribution in [3.8, 4) is 11.1 Å². The molecule has 4 N–H and O–H groups in total. The average Bonchev–Trinajstić information content (AvgIpc) is 2.92. The first kappa shape index (κ1) is 35.5. The summed E-state index contributed by atoms with van der Waals surface area (Å²) < 4.78 is 0.813. The van der Waals surface area contributed by atoms with E-state index >= 15 is 0 Å². The molecule has 0 aromatic heterocycles. The van der Waals surface area contributed by atoms with E-state index in [1.807, 2.05) is 27.7 Å². The number of carboxylic acid groups (broad SMARTS) is 4. The SMILES string of the molecule is CCCCc1c(Br)c(-c2c(Br)c(CCCC)c(C(=O)O)c(C(=O)O)c2CCCC)c(CCCC)c(C(=O)O)c1C(=O)O. The third kappa shape index (κ3) is 7.43. The number of aromatic carboxylic acids is 4. The van der Waals surface area contributed by atoms with Crippen LogP contribution in [0, 0.1) is 0 Å². The third-order valence-electron chi connectivity index (χ3n) is 7.51. The maximum atomic E-state index is 12.8. The van der Waals surface area contributed by atoms with Crippen LogP contribution in [0.2, 0.25) is 0 Å². The lowest BCUT2D eigenvalue weighted by molar-refractivity contribution is 0.0649. The van der Waals surface area contributed by atoms with E-state index < -0.39 is 23.9 Å². The van der Waals surface area contributed by atoms with Crippen molar-refractivity contribution in [3.05, 3.63) is 53.5 Å². The Bertz CT molecular complexity index is 1260. The smallest absolute Gasteiger partial charge is 0.336 e. The number of benzene rings is 2. The highest BCUT2D eigenvalue weighted by molar-refractivity contribution is 9.11. The lowest BCUT2D eigenvalue weighted by Gasteiger charge is -2.27. The Kier molecular flexibility index (Phi) is 13.7. The summed E-state index contributed by atoms with van der Waals surface area (Å²) in [4.78, 5) is 50.9. The van der Waals surface area contributed by atoms with E-state index in [9.17, 15) is 39.6 Å². The molecule has 0 aliphatic heterocycles. The van der Waals surface area contributed by atoms with Gasteiger partial charge in [-0.05, 0) is 105 Å². The van der Waals surface area contributed by atoms with Crippen molar-refractivity contribution in [3.63, 3.8) is 0 Å². The zero-order chi connectivity index (χ0) is 31.7. The highest BCUT2D eigenvalue weighted by Gasteiger charge is 2.35. The van der Waals surface area contributed by atoms with E-state index in [2.05, 4.69) is 31.9 Å². The molecule has 2 aromatic carbocycles. The van der Waals surface area contributed by atoms with Gasteiger partial charge in [0.15, 0.2) is 0 Å². The van der Waals surface area contributed by atoms with E-state index in [4.69, 9.17) is 0 Å². The molecule has 0 fully saturated rings. The Hall–Kier alpha value is -2.72. The molecule has 42 heavy (non-hydrogen) atoms. The minimum Gasteiger partial charge on any atom is -0.478 e. The minimum atomic E-state index is -1.37. The Morgan fingerprint density at radius 3 is 0.881 bits per heavy atom. The highest BCUT2D eigenvalue weighted by atomic mass is 79.9. The maximum absolute atomic E-state index is 12.8. The number of hydrogen-bond acceptors (Lipinski definition) is 4. The van der Waals surface area contributed by atoms with Crippen LogP contribution in [0.1, 0.15) is 143 Å². The molecular weight excluding hydrogens is 672 g/mol. The van der Waals surface area contributed by atoms with Crippen LogP contribution >= 0.6 is 31.9 Å². The molecule has 0 radical (unpaired) electrons. The van der Waals surface area contributed by atoms with Gasteiger partial charge in [-0.3, -0.25) is 0 Å². The van der Waals surface area contributed by atoms with Crippen LogP contribution in [0.15, 0.2) is 8.95 Å². The number of halogens is 2. The van der Waals surface area contributed by atoms with Crippen molar-refractivity contribution in [1.82, 2.24) is 0 Å². The molecule has 0 amide bonds. The molecule has 0 saturated carbocycles. The highest BCUT2D eigenvalue weighted by Crippen LogP contribution is 2.48. The number of hydrogen-bond donors (Lipinski definition) is 4. The predicted molar refractivity (Wildman–Crippen MR) is 170 cm³/mol. The molecule has 0 aliphatic rings. The van der Waals surface area contributed by atoms with Crippen LogP contribution in [0.25, 0.3) is 11.1 Å². The van der Waals surface area contributed by atoms with Crippen molar-refractivity contribution >= 4 is 55.7 Å². The molecular formula is C32H40Br2O8. The van der Waals surface area contributed by atoms with Crippen LogP contribution < -0.4 is 0 Å². The van der Waals surface area contributed by atoms with Crippen LogP contribution in [0.3, 0.4) is 0 Å². The van der Waals surface area contributed by atoms with Gasteiger partial charge in [0.05, 0.1) is 22.3 Å². The van der Waals surface area contributed by atoms with E-state index in [1.165, 1.54) is 0 Å². The summed E-state index contributed by atoms with van der Waals surface area (Å²) >= 11 is 7.35. The summed E-state index contributed by atoms with van der Waals surface area (Å²) in [5, 5.41) is 41.5. The standard InChI is InChI=1S/C32H40Br2O8/c1-5-9-13-17-21(27(33)19(15-11-7-3)25(31(39)40)23(17)29(35)36)22-18(14-10-6-2)24(30(37)38)26(32(41)42)20(28(22)34)16-12-8-4/h5-16H2,1-4H3,(H,35,36)(H,37,38)(H,39,40)(H,41,42). The first-order valence-electron chi connectivity index (χ1n) is 14.6. The number of carboxylic acids is 4. The van der Waals surface area contributed by atoms with Gasteiger partial charge in [-0.15, -0.1) is 0 Å². The fourth-order valence-electron chi connectivity index (χ4n) is 5.49. The normalized spacial score (nSPS) is 11.1. The number of unbranched alkanes of at least 4 members (excludes halogenated alkanes) is 4. The van der Waals surface area contributed by atoms with E-state index in [0.29, 0.717) is 93.7 Å². The summed E-state index contributed by atoms with van der Waals surface area (Å²) in [7, 11) is 0. The van der Waals surface area contributed by atoms with Gasteiger partial charge in [0, 0.05) is 20.1 Å². The average molecular weight is 712 g/mol. The topological polar surface area (TPSA) is 149 Å². The maximum Gasteiger partial charge on any atom is 0.336 e. The number of rotatable bonds is 17. The molecule has 0 atom stereocenters. The second-order valence-electron chi connectivity index (χ2n) is 10.4. The molecule has 0 aliphatic carbocycles. The van der Waals surface area contributed by atoms with Crippen LogP contribution in [0.4, 0.5) is 0 Å². The van der Waals surface area contributed by atoms with Crippen molar-refractivity contribution in [2.75, 3.05) is 0 Å². The lowest BCUT2D eigenvalue weighted by Crippen LogP contribution is -2.20. The van der Waals surface area contributed by atoms with Gasteiger partial charge >= 0.3 is 23.9 Å². The van der Waals surface area contributed by atoms with Gasteiger partial charge in [0.1, 0.15) is 0 Å². The molecule has 2 aromatic rings. The zero-order valence-electron chi connectivity index (χ0n) is 24.7. The van der Waals surface area contributed by atoms with Crippen molar-refractivity contribution < 1.29 is 39.6 Å². The summed E-state index contributed by atoms with van der Waals surface area (Å²) in [6, 6.07) is 0. The summed E-state index contributed by atoms with van der Waals surface area (Å²) in [5.41, 5.74) is 0.970. The van der Waals surface area contributed by atoms with Crippen molar-refractivity contribution in [2.24, 2.45) is 0 Å². The first-order chi connectivity index (χ1) is 19.9. The summed E-state index contributed by atoms with van der Waals surface area (Å²) in [5.74, 6) is -5.43. The Morgan fingerprint density at radius 1 is 0.452 bits per heavy atom. The molecule has 0 spiro atoms. The number of carbonyl (C=O) groups is 4. The second-order valence-corrected chi connectivity index (χ2v) is 12.0. The van der Waals surface area contributed by atoms with Gasteiger partial charge in [0.2, 0.25) is 0 Å². The Morgan fingerprint density at radius 2 is 0.667 bits per heavy atom. The van der Waals surface area contributed by atoms with E-state index in [0.717, 1.165) is 12.8 Å². The first-order valence-corrected chi connectivity index (χ1v) is 16.2. The molecule has 0 saturated heterocycles. The van der Waals surface area contributed by atoms with Crippen LogP contribution in [-0.2, 0) is 25.7 Å². The Balaban J connectivity index is 3.43. The van der Waals surface area contributed by atoms with Crippen molar-refractivity contribution in [2.45, 2.75) is 105 Å². The van der Waals surface area contributed by atoms with Gasteiger partial charge < -0.3 is 20.4 Å². The van der Waals surface area contributed by atoms with E-state index in [1.54, 1.807) is 0 Å². The van der Waals surface area contributed by atoms with Gasteiger partial charge in [-0.2, -0.15) is 0 Å². The molecule has 0 bridgehead atoms. The molecule has 2 rings (SSSR count). The Labute approximate surface area is 263 Å². The molecule has 0 unspecified atom stereocenters. The molecule has 0 heterocycles. The van der Waals surface area contributed by atoms with E-state index in [-0.39, 0.29) is 35.1 Å². The molecule has 8 nitrogen and oxygen atoms in total. The van der Waals surface area contributed by atoms with Gasteiger partial charge in [-0.25, -0.2) is 19.2 Å². The predicted octanol–water partition coefficient (Wildman–Crippen LogP) is 9.04. The molecule has 230 valence electrons. The summed E-state index contributed by atoms with van der Waals surface area (Å²) in [6.07, 6.45) is 6.32. The largest absolute Gasteiger partial charge is 0.478 e. The van der Waals surface area contributed by atoms with Crippen molar-refractivity contribution in [1.29, 1.82) is 0 Å². The van der Waals surface area contributed by atoms with Gasteiger partial charge in [0.25, 0.3) is 0 Å². The minimum absolute atomic E-state index is 0.243. The van der Waals surface area contributed by atoms with Gasteiger partial charge in [-0.1, -0.05) is 53.4 Å². The fraction of sp³-hybridized carbons (Fsp3) is 0.500.